The number of benzene rings is 2. The van der Waals surface area contributed by atoms with Gasteiger partial charge in [-0.1, -0.05) is 30.3 Å². The lowest BCUT2D eigenvalue weighted by Crippen LogP contribution is -2.46. The number of para-hydroxylation sites is 1. The maximum absolute atomic E-state index is 14.7. The molecule has 2 aliphatic heterocycles. The summed E-state index contributed by atoms with van der Waals surface area (Å²) in [7, 11) is -1.54. The molecule has 1 fully saturated rings. The van der Waals surface area contributed by atoms with Crippen LogP contribution >= 0.6 is 0 Å². The Balaban J connectivity index is 1.53. The molecular weight excluding hydrogens is 606 g/mol. The number of methoxy groups -OCH3 is 1. The first-order chi connectivity index (χ1) is 22.0. The van der Waals surface area contributed by atoms with Crippen LogP contribution in [0.2, 0.25) is 18.6 Å². The number of ether oxygens (including phenoxy) is 2. The Morgan fingerprint density at radius 2 is 1.91 bits per heavy atom. The minimum absolute atomic E-state index is 0.0225. The number of nitrogens with zero attached hydrogens (tertiary/aromatic N) is 5. The van der Waals surface area contributed by atoms with Gasteiger partial charge in [0.2, 0.25) is 6.41 Å². The molecule has 1 spiro atoms. The van der Waals surface area contributed by atoms with Gasteiger partial charge in [-0.05, 0) is 62.7 Å². The van der Waals surface area contributed by atoms with Gasteiger partial charge in [0.05, 0.1) is 24.6 Å². The largest absolute Gasteiger partial charge is 0.469 e. The van der Waals surface area contributed by atoms with E-state index in [1.54, 1.807) is 15.8 Å². The average Bonchev–Trinajstić information content (AvgIpc) is 3.68. The number of unbranched alkanes of at least 4 members (excludes halogenated alkanes) is 1. The number of amides is 2. The molecule has 2 aliphatic rings. The summed E-state index contributed by atoms with van der Waals surface area (Å²) in [6.45, 7) is 6.54. The lowest BCUT2D eigenvalue weighted by atomic mass is 9.82. The highest BCUT2D eigenvalue weighted by atomic mass is 28.4. The minimum atomic E-state index is -2.90. The summed E-state index contributed by atoms with van der Waals surface area (Å²) in [5, 5.41) is 17.6. The van der Waals surface area contributed by atoms with Crippen molar-refractivity contribution in [1.82, 2.24) is 15.0 Å². The van der Waals surface area contributed by atoms with E-state index < -0.39 is 20.0 Å². The Morgan fingerprint density at radius 1 is 1.15 bits per heavy atom. The number of aliphatic hydroxyl groups excluding tert-OH is 1. The van der Waals surface area contributed by atoms with Gasteiger partial charge in [0.15, 0.2) is 13.9 Å². The number of fused-ring (bicyclic) bond motifs is 2. The van der Waals surface area contributed by atoms with Gasteiger partial charge in [-0.25, -0.2) is 0 Å². The van der Waals surface area contributed by atoms with Crippen molar-refractivity contribution < 1.29 is 33.8 Å². The van der Waals surface area contributed by atoms with Crippen LogP contribution in [0.4, 0.5) is 17.1 Å². The highest BCUT2D eigenvalue weighted by Gasteiger charge is 2.66. The molecular formula is C33H43N5O7Si. The fraction of sp³-hybridized carbons (Fsp3) is 0.485. The van der Waals surface area contributed by atoms with Crippen LogP contribution in [-0.4, -0.2) is 77.9 Å². The maximum atomic E-state index is 14.7. The Bertz CT molecular complexity index is 1540. The smallest absolute Gasteiger partial charge is 0.305 e. The molecule has 0 aliphatic carbocycles. The predicted octanol–water partition coefficient (Wildman–Crippen LogP) is 3.69. The summed E-state index contributed by atoms with van der Waals surface area (Å²) >= 11 is 0. The van der Waals surface area contributed by atoms with E-state index in [1.165, 1.54) is 12.0 Å². The van der Waals surface area contributed by atoms with Crippen molar-refractivity contribution in [1.29, 1.82) is 0 Å². The molecule has 246 valence electrons. The number of hydrogen-bond acceptors (Lipinski definition) is 9. The van der Waals surface area contributed by atoms with Crippen molar-refractivity contribution in [3.8, 4) is 0 Å². The van der Waals surface area contributed by atoms with Crippen molar-refractivity contribution in [3.05, 3.63) is 66.0 Å². The summed E-state index contributed by atoms with van der Waals surface area (Å²) in [4.78, 5) is 53.7. The normalized spacial score (nSPS) is 22.3. The topological polar surface area (TPSA) is 147 Å². The van der Waals surface area contributed by atoms with E-state index in [0.717, 1.165) is 6.41 Å². The van der Waals surface area contributed by atoms with Gasteiger partial charge in [-0.2, -0.15) is 0 Å². The van der Waals surface area contributed by atoms with Crippen molar-refractivity contribution in [2.24, 2.45) is 5.92 Å². The summed E-state index contributed by atoms with van der Waals surface area (Å²) in [6.07, 6.45) is 4.36. The van der Waals surface area contributed by atoms with Crippen molar-refractivity contribution >= 4 is 43.7 Å². The molecule has 2 aromatic carbocycles. The second kappa shape index (κ2) is 13.8. The van der Waals surface area contributed by atoms with Gasteiger partial charge in [-0.15, -0.1) is 5.10 Å². The zero-order valence-corrected chi connectivity index (χ0v) is 27.8. The summed E-state index contributed by atoms with van der Waals surface area (Å²) in [5.41, 5.74) is 1.64. The van der Waals surface area contributed by atoms with E-state index in [4.69, 9.17) is 9.47 Å². The van der Waals surface area contributed by atoms with E-state index in [1.807, 2.05) is 68.5 Å². The van der Waals surface area contributed by atoms with Crippen molar-refractivity contribution in [2.45, 2.75) is 75.9 Å². The van der Waals surface area contributed by atoms with E-state index in [0.29, 0.717) is 67.1 Å². The Morgan fingerprint density at radius 3 is 2.59 bits per heavy atom. The fourth-order valence-corrected chi connectivity index (χ4v) is 9.75. The third-order valence-corrected chi connectivity index (χ3v) is 11.7. The van der Waals surface area contributed by atoms with Gasteiger partial charge < -0.3 is 24.3 Å². The van der Waals surface area contributed by atoms with Crippen LogP contribution in [0.15, 0.2) is 54.7 Å². The third kappa shape index (κ3) is 6.37. The lowest BCUT2D eigenvalue weighted by Gasteiger charge is -2.32. The van der Waals surface area contributed by atoms with E-state index in [-0.39, 0.29) is 36.4 Å². The van der Waals surface area contributed by atoms with Gasteiger partial charge in [0, 0.05) is 67.1 Å². The zero-order valence-electron chi connectivity index (χ0n) is 26.8. The molecule has 13 heteroatoms. The molecule has 1 saturated heterocycles. The molecule has 0 bridgehead atoms. The van der Waals surface area contributed by atoms with Crippen LogP contribution in [0.5, 0.6) is 0 Å². The molecule has 2 N–H and O–H groups in total. The fourth-order valence-electron chi connectivity index (χ4n) is 7.14. The highest BCUT2D eigenvalue weighted by molar-refractivity contribution is 6.71. The van der Waals surface area contributed by atoms with Crippen LogP contribution in [0, 0.1) is 5.92 Å². The number of esters is 1. The SMILES string of the molecule is COC(=O)CCCCN1C(=O)[C@]2(O[C@H](CCn3cc(CCO)nn3)[C@@H]([Si](C)(C)O)[C@@H]2C)c2cc(N(C=O)c3ccccc3)ccc21. The van der Waals surface area contributed by atoms with Gasteiger partial charge >= 0.3 is 5.97 Å². The summed E-state index contributed by atoms with van der Waals surface area (Å²) in [5.74, 6) is -0.888. The summed E-state index contributed by atoms with van der Waals surface area (Å²) < 4.78 is 13.4. The first-order valence-corrected chi connectivity index (χ1v) is 18.8. The Hall–Kier alpha value is -3.91. The Labute approximate surface area is 270 Å². The first-order valence-electron chi connectivity index (χ1n) is 15.8. The molecule has 46 heavy (non-hydrogen) atoms. The molecule has 2 amide bonds. The van der Waals surface area contributed by atoms with Crippen molar-refractivity contribution in [2.75, 3.05) is 30.1 Å². The standard InChI is InChI=1S/C33H43N5O7Si/c1-23-31(46(3,4)43)29(15-18-36-21-24(16-19-39)34-35-36)45-33(23)27-20-26(38(22-40)25-10-6-5-7-11-25)13-14-28(27)37(32(33)42)17-9-8-12-30(41)44-2/h5-7,10-11,13-14,20-23,29,31,39,43H,8-9,12,15-19H2,1-4H3/t23-,29+,31-,33+/m0/s1. The van der Waals surface area contributed by atoms with Crippen LogP contribution in [0.3, 0.4) is 0 Å². The number of anilines is 3. The monoisotopic (exact) mass is 649 g/mol. The quantitative estimate of drug-likeness (QED) is 0.116. The number of aryl methyl sites for hydroxylation is 1. The van der Waals surface area contributed by atoms with E-state index in [9.17, 15) is 24.3 Å². The molecule has 3 heterocycles. The average molecular weight is 650 g/mol. The molecule has 4 atom stereocenters. The van der Waals surface area contributed by atoms with E-state index >= 15 is 0 Å². The number of rotatable bonds is 14. The van der Waals surface area contributed by atoms with Gasteiger partial charge in [0.25, 0.3) is 5.91 Å². The molecule has 0 unspecified atom stereocenters. The molecule has 0 radical (unpaired) electrons. The second-order valence-electron chi connectivity index (χ2n) is 12.6. The molecule has 12 nitrogen and oxygen atoms in total. The molecule has 0 saturated carbocycles. The van der Waals surface area contributed by atoms with Gasteiger partial charge in [-0.3, -0.25) is 24.0 Å². The summed E-state index contributed by atoms with van der Waals surface area (Å²) in [6, 6.07) is 14.8. The van der Waals surface area contributed by atoms with Crippen LogP contribution in [0.1, 0.15) is 43.9 Å². The maximum Gasteiger partial charge on any atom is 0.305 e. The van der Waals surface area contributed by atoms with Crippen LogP contribution in [-0.2, 0) is 42.4 Å². The van der Waals surface area contributed by atoms with Crippen molar-refractivity contribution in [3.63, 3.8) is 0 Å². The lowest BCUT2D eigenvalue weighted by molar-refractivity contribution is -0.146. The first kappa shape index (κ1) is 33.5. The zero-order chi connectivity index (χ0) is 33.1. The Kier molecular flexibility index (Phi) is 10.1. The molecule has 1 aromatic heterocycles. The molecule has 3 aromatic rings. The minimum Gasteiger partial charge on any atom is -0.469 e. The number of aliphatic hydroxyl groups is 1. The number of hydrogen-bond donors (Lipinski definition) is 2. The van der Waals surface area contributed by atoms with Crippen LogP contribution < -0.4 is 9.80 Å². The van der Waals surface area contributed by atoms with Gasteiger partial charge in [0.1, 0.15) is 0 Å². The third-order valence-electron chi connectivity index (χ3n) is 9.22. The molecule has 5 rings (SSSR count). The number of carbonyl (C=O) groups excluding carboxylic acids is 3. The highest BCUT2D eigenvalue weighted by Crippen LogP contribution is 2.60. The number of aromatic nitrogens is 3. The predicted molar refractivity (Wildman–Crippen MR) is 174 cm³/mol. The second-order valence-corrected chi connectivity index (χ2v) is 16.6. The van der Waals surface area contributed by atoms with E-state index in [2.05, 4.69) is 10.3 Å². The number of carbonyl (C=O) groups is 3. The van der Waals surface area contributed by atoms with Crippen LogP contribution in [0.25, 0.3) is 0 Å².